The summed E-state index contributed by atoms with van der Waals surface area (Å²) >= 11 is 1.46. The summed E-state index contributed by atoms with van der Waals surface area (Å²) in [4.78, 5) is 22.0. The van der Waals surface area contributed by atoms with Crippen LogP contribution in [-0.4, -0.2) is 46.7 Å². The van der Waals surface area contributed by atoms with Crippen LogP contribution >= 0.6 is 11.8 Å². The number of aromatic nitrogens is 2. The highest BCUT2D eigenvalue weighted by molar-refractivity contribution is 7.99. The first-order chi connectivity index (χ1) is 10.7. The molecule has 22 heavy (non-hydrogen) atoms. The van der Waals surface area contributed by atoms with Gasteiger partial charge in [0.05, 0.1) is 23.9 Å². The van der Waals surface area contributed by atoms with Crippen LogP contribution in [0.5, 0.6) is 5.75 Å². The van der Waals surface area contributed by atoms with Crippen LogP contribution in [0.25, 0.3) is 11.0 Å². The topological polar surface area (TPSA) is 58.2 Å². The first kappa shape index (κ1) is 15.2. The lowest BCUT2D eigenvalue weighted by Crippen LogP contribution is -2.40. The van der Waals surface area contributed by atoms with Gasteiger partial charge in [-0.2, -0.15) is 0 Å². The Bertz CT molecular complexity index is 670. The van der Waals surface area contributed by atoms with Gasteiger partial charge >= 0.3 is 0 Å². The smallest absolute Gasteiger partial charge is 0.233 e. The Labute approximate surface area is 134 Å². The Hall–Kier alpha value is -1.69. The average Bonchev–Trinajstić information content (AvgIpc) is 2.94. The van der Waals surface area contributed by atoms with Gasteiger partial charge in [-0.15, -0.1) is 0 Å². The molecule has 1 atom stereocenters. The van der Waals surface area contributed by atoms with Crippen molar-refractivity contribution < 1.29 is 9.53 Å². The molecule has 2 heterocycles. The monoisotopic (exact) mass is 319 g/mol. The predicted octanol–water partition coefficient (Wildman–Crippen LogP) is 2.92. The molecule has 1 aliphatic heterocycles. The standard InChI is InChI=1S/C16H21N3O2S/c1-11-4-3-7-19(9-11)15(20)10-22-16-17-13-6-5-12(21-2)8-14(13)18-16/h5-6,8,11H,3-4,7,9-10H2,1-2H3,(H,17,18)/t11-/m0/s1. The SMILES string of the molecule is COc1ccc2nc(SCC(=O)N3CCC[C@H](C)C3)[nH]c2c1. The second kappa shape index (κ2) is 6.60. The molecule has 3 rings (SSSR count). The third-order valence-corrected chi connectivity index (χ3v) is 4.87. The molecule has 1 aliphatic rings. The Morgan fingerprint density at radius 3 is 3.18 bits per heavy atom. The largest absolute Gasteiger partial charge is 0.497 e. The highest BCUT2D eigenvalue weighted by atomic mass is 32.2. The maximum Gasteiger partial charge on any atom is 0.233 e. The summed E-state index contributed by atoms with van der Waals surface area (Å²) in [5.74, 6) is 2.05. The van der Waals surface area contributed by atoms with E-state index in [1.165, 1.54) is 18.2 Å². The van der Waals surface area contributed by atoms with Crippen molar-refractivity contribution >= 4 is 28.7 Å². The minimum atomic E-state index is 0.203. The van der Waals surface area contributed by atoms with Gasteiger partial charge in [0.25, 0.3) is 0 Å². The number of carbonyl (C=O) groups is 1. The zero-order chi connectivity index (χ0) is 15.5. The van der Waals surface area contributed by atoms with Gasteiger partial charge < -0.3 is 14.6 Å². The molecule has 2 aromatic rings. The van der Waals surface area contributed by atoms with Gasteiger partial charge in [-0.1, -0.05) is 18.7 Å². The molecule has 0 bridgehead atoms. The van der Waals surface area contributed by atoms with Gasteiger partial charge in [0.15, 0.2) is 5.16 Å². The van der Waals surface area contributed by atoms with Gasteiger partial charge in [0.1, 0.15) is 5.75 Å². The van der Waals surface area contributed by atoms with E-state index in [1.807, 2.05) is 23.1 Å². The van der Waals surface area contributed by atoms with Crippen LogP contribution in [0.15, 0.2) is 23.4 Å². The number of nitrogens with zero attached hydrogens (tertiary/aromatic N) is 2. The molecule has 1 amide bonds. The van der Waals surface area contributed by atoms with E-state index in [-0.39, 0.29) is 5.91 Å². The van der Waals surface area contributed by atoms with Gasteiger partial charge in [-0.25, -0.2) is 4.98 Å². The normalized spacial score (nSPS) is 18.6. The Morgan fingerprint density at radius 2 is 2.41 bits per heavy atom. The van der Waals surface area contributed by atoms with Crippen molar-refractivity contribution in [3.63, 3.8) is 0 Å². The molecule has 1 fully saturated rings. The lowest BCUT2D eigenvalue weighted by molar-refractivity contribution is -0.130. The van der Waals surface area contributed by atoms with E-state index in [2.05, 4.69) is 16.9 Å². The molecule has 0 unspecified atom stereocenters. The molecule has 0 saturated carbocycles. The van der Waals surface area contributed by atoms with Gasteiger partial charge in [0, 0.05) is 19.2 Å². The number of piperidine rings is 1. The van der Waals surface area contributed by atoms with E-state index in [4.69, 9.17) is 4.74 Å². The number of thioether (sulfide) groups is 1. The molecule has 1 N–H and O–H groups in total. The van der Waals surface area contributed by atoms with E-state index in [1.54, 1.807) is 7.11 Å². The number of fused-ring (bicyclic) bond motifs is 1. The zero-order valence-corrected chi connectivity index (χ0v) is 13.8. The summed E-state index contributed by atoms with van der Waals surface area (Å²) in [6.07, 6.45) is 2.34. The number of carbonyl (C=O) groups excluding carboxylic acids is 1. The minimum Gasteiger partial charge on any atom is -0.497 e. The van der Waals surface area contributed by atoms with Crippen LogP contribution < -0.4 is 4.74 Å². The number of aromatic amines is 1. The third-order valence-electron chi connectivity index (χ3n) is 4.01. The Kier molecular flexibility index (Phi) is 4.57. The summed E-state index contributed by atoms with van der Waals surface area (Å²) in [6, 6.07) is 5.72. The molecule has 1 saturated heterocycles. The van der Waals surface area contributed by atoms with Crippen LogP contribution in [0.4, 0.5) is 0 Å². The maximum absolute atomic E-state index is 12.3. The fraction of sp³-hybridized carbons (Fsp3) is 0.500. The molecule has 118 valence electrons. The van der Waals surface area contributed by atoms with Crippen LogP contribution in [0.1, 0.15) is 19.8 Å². The van der Waals surface area contributed by atoms with Crippen molar-refractivity contribution in [3.8, 4) is 5.75 Å². The van der Waals surface area contributed by atoms with Gasteiger partial charge in [0.2, 0.25) is 5.91 Å². The number of ether oxygens (including phenoxy) is 1. The highest BCUT2D eigenvalue weighted by Crippen LogP contribution is 2.24. The fourth-order valence-corrected chi connectivity index (χ4v) is 3.59. The molecular formula is C16H21N3O2S. The first-order valence-corrected chi connectivity index (χ1v) is 8.58. The van der Waals surface area contributed by atoms with E-state index in [0.29, 0.717) is 11.7 Å². The van der Waals surface area contributed by atoms with E-state index in [9.17, 15) is 4.79 Å². The number of H-pyrrole nitrogens is 1. The maximum atomic E-state index is 12.3. The van der Waals surface area contributed by atoms with Crippen molar-refractivity contribution in [2.75, 3.05) is 26.0 Å². The van der Waals surface area contributed by atoms with Crippen molar-refractivity contribution in [1.29, 1.82) is 0 Å². The lowest BCUT2D eigenvalue weighted by atomic mass is 10.0. The van der Waals surface area contributed by atoms with Crippen LogP contribution in [-0.2, 0) is 4.79 Å². The summed E-state index contributed by atoms with van der Waals surface area (Å²) in [5.41, 5.74) is 1.82. The summed E-state index contributed by atoms with van der Waals surface area (Å²) in [6.45, 7) is 3.98. The number of nitrogens with one attached hydrogen (secondary N) is 1. The first-order valence-electron chi connectivity index (χ1n) is 7.60. The predicted molar refractivity (Wildman–Crippen MR) is 88.3 cm³/mol. The van der Waals surface area contributed by atoms with E-state index < -0.39 is 0 Å². The zero-order valence-electron chi connectivity index (χ0n) is 13.0. The molecule has 0 radical (unpaired) electrons. The quantitative estimate of drug-likeness (QED) is 0.880. The Morgan fingerprint density at radius 1 is 1.55 bits per heavy atom. The van der Waals surface area contributed by atoms with Crippen LogP contribution in [0.3, 0.4) is 0 Å². The van der Waals surface area contributed by atoms with Crippen molar-refractivity contribution in [2.24, 2.45) is 5.92 Å². The molecule has 1 aromatic carbocycles. The second-order valence-electron chi connectivity index (χ2n) is 5.80. The average molecular weight is 319 g/mol. The third kappa shape index (κ3) is 3.38. The van der Waals surface area contributed by atoms with Gasteiger partial charge in [-0.05, 0) is 30.9 Å². The Balaban J connectivity index is 1.62. The van der Waals surface area contributed by atoms with E-state index >= 15 is 0 Å². The number of rotatable bonds is 4. The summed E-state index contributed by atoms with van der Waals surface area (Å²) in [7, 11) is 1.64. The van der Waals surface area contributed by atoms with E-state index in [0.717, 1.165) is 41.4 Å². The van der Waals surface area contributed by atoms with Crippen molar-refractivity contribution in [1.82, 2.24) is 14.9 Å². The lowest BCUT2D eigenvalue weighted by Gasteiger charge is -2.30. The number of amides is 1. The number of imidazole rings is 1. The van der Waals surface area contributed by atoms with Crippen molar-refractivity contribution in [3.05, 3.63) is 18.2 Å². The van der Waals surface area contributed by atoms with Crippen molar-refractivity contribution in [2.45, 2.75) is 24.9 Å². The molecule has 6 heteroatoms. The number of likely N-dealkylation sites (tertiary alicyclic amines) is 1. The molecule has 5 nitrogen and oxygen atoms in total. The van der Waals surface area contributed by atoms with Crippen LogP contribution in [0, 0.1) is 5.92 Å². The number of hydrogen-bond acceptors (Lipinski definition) is 4. The molecule has 1 aromatic heterocycles. The summed E-state index contributed by atoms with van der Waals surface area (Å²) in [5, 5.41) is 0.779. The number of hydrogen-bond donors (Lipinski definition) is 1. The van der Waals surface area contributed by atoms with Gasteiger partial charge in [-0.3, -0.25) is 4.79 Å². The number of benzene rings is 1. The minimum absolute atomic E-state index is 0.203. The summed E-state index contributed by atoms with van der Waals surface area (Å²) < 4.78 is 5.20. The number of methoxy groups -OCH3 is 1. The van der Waals surface area contributed by atoms with Crippen LogP contribution in [0.2, 0.25) is 0 Å². The second-order valence-corrected chi connectivity index (χ2v) is 6.76. The highest BCUT2D eigenvalue weighted by Gasteiger charge is 2.21. The fourth-order valence-electron chi connectivity index (χ4n) is 2.80. The molecule has 0 spiro atoms. The molecule has 0 aliphatic carbocycles. The molecular weight excluding hydrogens is 298 g/mol.